The van der Waals surface area contributed by atoms with Crippen LogP contribution < -0.4 is 5.32 Å². The van der Waals surface area contributed by atoms with Crippen molar-refractivity contribution >= 4 is 17.8 Å². The molecule has 1 unspecified atom stereocenters. The van der Waals surface area contributed by atoms with Crippen molar-refractivity contribution in [2.75, 3.05) is 31.6 Å². The van der Waals surface area contributed by atoms with Crippen molar-refractivity contribution < 1.29 is 24.0 Å². The summed E-state index contributed by atoms with van der Waals surface area (Å²) >= 11 is 0. The Kier molecular flexibility index (Phi) is 4.92. The monoisotopic (exact) mass is 297 g/mol. The minimum atomic E-state index is -1.02. The van der Waals surface area contributed by atoms with Crippen LogP contribution in [0.1, 0.15) is 25.5 Å². The summed E-state index contributed by atoms with van der Waals surface area (Å²) in [6.45, 7) is 5.04. The fourth-order valence-corrected chi connectivity index (χ4v) is 2.00. The van der Waals surface area contributed by atoms with Gasteiger partial charge in [-0.3, -0.25) is 15.0 Å². The van der Waals surface area contributed by atoms with Crippen LogP contribution in [0.3, 0.4) is 0 Å². The number of hydrogen-bond donors (Lipinski definition) is 2. The third-order valence-corrected chi connectivity index (χ3v) is 3.18. The van der Waals surface area contributed by atoms with Crippen LogP contribution in [-0.2, 0) is 14.3 Å². The Morgan fingerprint density at radius 1 is 1.57 bits per heavy atom. The molecule has 2 rings (SSSR count). The first-order valence-corrected chi connectivity index (χ1v) is 6.79. The van der Waals surface area contributed by atoms with Gasteiger partial charge in [0, 0.05) is 19.2 Å². The van der Waals surface area contributed by atoms with E-state index < -0.39 is 12.1 Å². The third kappa shape index (κ3) is 4.27. The minimum absolute atomic E-state index is 0.0881. The predicted octanol–water partition coefficient (Wildman–Crippen LogP) is 0.522. The van der Waals surface area contributed by atoms with E-state index >= 15 is 0 Å². The Labute approximate surface area is 122 Å². The second-order valence-electron chi connectivity index (χ2n) is 5.25. The molecule has 8 heteroatoms. The van der Waals surface area contributed by atoms with Crippen LogP contribution in [0, 0.1) is 0 Å². The topological polar surface area (TPSA) is 105 Å². The second-order valence-corrected chi connectivity index (χ2v) is 5.25. The first kappa shape index (κ1) is 15.5. The van der Waals surface area contributed by atoms with E-state index in [0.29, 0.717) is 19.0 Å². The lowest BCUT2D eigenvalue weighted by molar-refractivity contribution is -0.156. The van der Waals surface area contributed by atoms with Gasteiger partial charge in [0.1, 0.15) is 0 Å². The maximum Gasteiger partial charge on any atom is 0.334 e. The zero-order chi connectivity index (χ0) is 15.4. The quantitative estimate of drug-likeness (QED) is 0.816. The lowest BCUT2D eigenvalue weighted by Gasteiger charge is -2.29. The minimum Gasteiger partial charge on any atom is -0.479 e. The molecule has 8 nitrogen and oxygen atoms in total. The smallest absolute Gasteiger partial charge is 0.334 e. The first-order chi connectivity index (χ1) is 9.95. The molecule has 2 heterocycles. The number of morpholine rings is 1. The van der Waals surface area contributed by atoms with Gasteiger partial charge in [0.2, 0.25) is 11.8 Å². The van der Waals surface area contributed by atoms with Crippen LogP contribution in [0.2, 0.25) is 0 Å². The molecule has 21 heavy (non-hydrogen) atoms. The van der Waals surface area contributed by atoms with Crippen molar-refractivity contribution in [1.82, 2.24) is 10.1 Å². The highest BCUT2D eigenvalue weighted by Crippen LogP contribution is 2.17. The van der Waals surface area contributed by atoms with Crippen molar-refractivity contribution in [3.8, 4) is 0 Å². The molecule has 0 aromatic carbocycles. The van der Waals surface area contributed by atoms with Crippen LogP contribution in [0.4, 0.5) is 5.88 Å². The molecule has 1 fully saturated rings. The van der Waals surface area contributed by atoms with E-state index in [1.54, 1.807) is 11.0 Å². The average Bonchev–Trinajstić information content (AvgIpc) is 2.87. The van der Waals surface area contributed by atoms with Gasteiger partial charge in [0.25, 0.3) is 0 Å². The van der Waals surface area contributed by atoms with Gasteiger partial charge in [-0.2, -0.15) is 0 Å². The summed E-state index contributed by atoms with van der Waals surface area (Å²) in [7, 11) is 0. The van der Waals surface area contributed by atoms with Gasteiger partial charge in [-0.15, -0.1) is 0 Å². The summed E-state index contributed by atoms with van der Waals surface area (Å²) in [5, 5.41) is 15.4. The number of aliphatic carboxylic acids is 1. The predicted molar refractivity (Wildman–Crippen MR) is 73.0 cm³/mol. The molecular formula is C13H19N3O5. The number of carboxylic acid groups (broad SMARTS) is 1. The van der Waals surface area contributed by atoms with Gasteiger partial charge < -0.3 is 14.4 Å². The molecule has 1 amide bonds. The number of ether oxygens (including phenoxy) is 1. The molecule has 2 N–H and O–H groups in total. The Bertz CT molecular complexity index is 514. The Morgan fingerprint density at radius 2 is 2.33 bits per heavy atom. The van der Waals surface area contributed by atoms with Crippen LogP contribution in [0.25, 0.3) is 0 Å². The third-order valence-electron chi connectivity index (χ3n) is 3.18. The zero-order valence-corrected chi connectivity index (χ0v) is 12.0. The zero-order valence-electron chi connectivity index (χ0n) is 12.0. The molecule has 1 aromatic heterocycles. The summed E-state index contributed by atoms with van der Waals surface area (Å²) in [6, 6.07) is 1.68. The number of carboxylic acids is 1. The summed E-state index contributed by atoms with van der Waals surface area (Å²) in [5.74, 6) is -0.772. The molecule has 1 aliphatic rings. The number of hydrogen-bond acceptors (Lipinski definition) is 6. The van der Waals surface area contributed by atoms with Gasteiger partial charge in [-0.25, -0.2) is 4.79 Å². The fourth-order valence-electron chi connectivity index (χ4n) is 2.00. The summed E-state index contributed by atoms with van der Waals surface area (Å²) in [6.07, 6.45) is -0.885. The lowest BCUT2D eigenvalue weighted by Crippen LogP contribution is -2.48. The summed E-state index contributed by atoms with van der Waals surface area (Å²) in [5.41, 5.74) is 0.766. The van der Waals surface area contributed by atoms with Crippen molar-refractivity contribution in [1.29, 1.82) is 0 Å². The van der Waals surface area contributed by atoms with E-state index in [2.05, 4.69) is 10.5 Å². The molecule has 1 atom stereocenters. The summed E-state index contributed by atoms with van der Waals surface area (Å²) in [4.78, 5) is 24.5. The molecule has 1 saturated heterocycles. The van der Waals surface area contributed by atoms with Gasteiger partial charge in [0.15, 0.2) is 6.10 Å². The number of carbonyl (C=O) groups is 2. The number of aromatic nitrogens is 1. The largest absolute Gasteiger partial charge is 0.479 e. The van der Waals surface area contributed by atoms with Crippen molar-refractivity contribution in [2.24, 2.45) is 0 Å². The molecule has 0 radical (unpaired) electrons. The fraction of sp³-hybridized carbons (Fsp3) is 0.615. The highest BCUT2D eigenvalue weighted by atomic mass is 16.5. The van der Waals surface area contributed by atoms with Crippen molar-refractivity contribution in [3.05, 3.63) is 11.8 Å². The van der Waals surface area contributed by atoms with E-state index in [4.69, 9.17) is 14.4 Å². The van der Waals surface area contributed by atoms with Gasteiger partial charge >= 0.3 is 5.97 Å². The van der Waals surface area contributed by atoms with Crippen LogP contribution >= 0.6 is 0 Å². The highest BCUT2D eigenvalue weighted by molar-refractivity contribution is 5.91. The Hall–Kier alpha value is -1.93. The van der Waals surface area contributed by atoms with E-state index in [-0.39, 0.29) is 24.9 Å². The standard InChI is InChI=1S/C13H19N3O5/c1-8(2)9-5-12(21-15-9)14-11(17)7-16-3-4-20-10(6-16)13(18)19/h5,8,10H,3-4,6-7H2,1-2H3,(H,14,17)(H,18,19). The Morgan fingerprint density at radius 3 is 2.95 bits per heavy atom. The maximum atomic E-state index is 11.9. The summed E-state index contributed by atoms with van der Waals surface area (Å²) < 4.78 is 10.1. The number of carbonyl (C=O) groups excluding carboxylic acids is 1. The first-order valence-electron chi connectivity index (χ1n) is 6.79. The molecule has 0 aliphatic carbocycles. The molecule has 1 aliphatic heterocycles. The molecule has 0 spiro atoms. The van der Waals surface area contributed by atoms with Crippen molar-refractivity contribution in [3.63, 3.8) is 0 Å². The molecule has 0 saturated carbocycles. The van der Waals surface area contributed by atoms with E-state index in [0.717, 1.165) is 5.69 Å². The van der Waals surface area contributed by atoms with E-state index in [1.807, 2.05) is 13.8 Å². The average molecular weight is 297 g/mol. The molecule has 1 aromatic rings. The number of anilines is 1. The number of nitrogens with one attached hydrogen (secondary N) is 1. The van der Waals surface area contributed by atoms with Gasteiger partial charge in [-0.1, -0.05) is 19.0 Å². The van der Waals surface area contributed by atoms with Crippen LogP contribution in [-0.4, -0.2) is 59.4 Å². The van der Waals surface area contributed by atoms with Gasteiger partial charge in [0.05, 0.1) is 18.8 Å². The normalized spacial score (nSPS) is 19.7. The molecule has 116 valence electrons. The van der Waals surface area contributed by atoms with E-state index in [9.17, 15) is 9.59 Å². The SMILES string of the molecule is CC(C)c1cc(NC(=O)CN2CCOC(C(=O)O)C2)on1. The Balaban J connectivity index is 1.84. The number of amides is 1. The van der Waals surface area contributed by atoms with E-state index in [1.165, 1.54) is 0 Å². The van der Waals surface area contributed by atoms with Gasteiger partial charge in [-0.05, 0) is 5.92 Å². The number of rotatable bonds is 5. The number of nitrogens with zero attached hydrogens (tertiary/aromatic N) is 2. The molecule has 0 bridgehead atoms. The van der Waals surface area contributed by atoms with Crippen molar-refractivity contribution in [2.45, 2.75) is 25.9 Å². The highest BCUT2D eigenvalue weighted by Gasteiger charge is 2.27. The maximum absolute atomic E-state index is 11.9. The molecular weight excluding hydrogens is 278 g/mol. The van der Waals surface area contributed by atoms with Crippen LogP contribution in [0.5, 0.6) is 0 Å². The lowest BCUT2D eigenvalue weighted by atomic mass is 10.1. The van der Waals surface area contributed by atoms with Crippen LogP contribution in [0.15, 0.2) is 10.6 Å². The second kappa shape index (κ2) is 6.68.